The van der Waals surface area contributed by atoms with Crippen molar-refractivity contribution in [3.05, 3.63) is 46.1 Å². The number of halogens is 3. The summed E-state index contributed by atoms with van der Waals surface area (Å²) in [5.74, 6) is -0.983. The molecule has 0 radical (unpaired) electrons. The quantitative estimate of drug-likeness (QED) is 0.745. The van der Waals surface area contributed by atoms with Crippen molar-refractivity contribution in [1.82, 2.24) is 18.7 Å². The minimum absolute atomic E-state index is 0.100. The SMILES string of the molecule is CC(C)c1ccc(S(=O)(=O)N2CCC(n3nc(C(F)(F)F)n(C)c3=O)CC2)cc1. The van der Waals surface area contributed by atoms with Crippen molar-refractivity contribution >= 4 is 10.0 Å². The van der Waals surface area contributed by atoms with Gasteiger partial charge in [-0.15, -0.1) is 5.10 Å². The molecule has 1 aromatic carbocycles. The fourth-order valence-electron chi connectivity index (χ4n) is 3.44. The van der Waals surface area contributed by atoms with Gasteiger partial charge in [-0.25, -0.2) is 17.9 Å². The number of sulfonamides is 1. The van der Waals surface area contributed by atoms with Gasteiger partial charge < -0.3 is 0 Å². The van der Waals surface area contributed by atoms with Gasteiger partial charge in [-0.3, -0.25) is 4.57 Å². The molecular weight excluding hydrogens is 409 g/mol. The van der Waals surface area contributed by atoms with Crippen LogP contribution in [0.4, 0.5) is 13.2 Å². The van der Waals surface area contributed by atoms with E-state index in [1.165, 1.54) is 4.31 Å². The van der Waals surface area contributed by atoms with Crippen LogP contribution in [0.2, 0.25) is 0 Å². The highest BCUT2D eigenvalue weighted by atomic mass is 32.2. The molecule has 1 saturated heterocycles. The van der Waals surface area contributed by atoms with Crippen LogP contribution in [0.3, 0.4) is 0 Å². The maximum atomic E-state index is 13.0. The number of piperidine rings is 1. The third-order valence-corrected chi connectivity index (χ3v) is 7.12. The molecule has 0 unspecified atom stereocenters. The van der Waals surface area contributed by atoms with E-state index in [4.69, 9.17) is 0 Å². The van der Waals surface area contributed by atoms with Gasteiger partial charge in [0.05, 0.1) is 10.9 Å². The molecule has 0 atom stereocenters. The number of alkyl halides is 3. The second-order valence-corrected chi connectivity index (χ2v) is 9.40. The van der Waals surface area contributed by atoms with Gasteiger partial charge in [0.25, 0.3) is 0 Å². The van der Waals surface area contributed by atoms with Crippen molar-refractivity contribution in [2.45, 2.75) is 49.7 Å². The summed E-state index contributed by atoms with van der Waals surface area (Å²) in [5.41, 5.74) is 0.167. The van der Waals surface area contributed by atoms with Crippen molar-refractivity contribution < 1.29 is 21.6 Å². The topological polar surface area (TPSA) is 77.2 Å². The molecule has 29 heavy (non-hydrogen) atoms. The Morgan fingerprint density at radius 1 is 1.10 bits per heavy atom. The van der Waals surface area contributed by atoms with Crippen LogP contribution in [-0.4, -0.2) is 40.2 Å². The molecule has 11 heteroatoms. The van der Waals surface area contributed by atoms with Crippen molar-refractivity contribution in [2.75, 3.05) is 13.1 Å². The fraction of sp³-hybridized carbons (Fsp3) is 0.556. The largest absolute Gasteiger partial charge is 0.451 e. The van der Waals surface area contributed by atoms with Crippen LogP contribution >= 0.6 is 0 Å². The summed E-state index contributed by atoms with van der Waals surface area (Å²) in [4.78, 5) is 12.3. The summed E-state index contributed by atoms with van der Waals surface area (Å²) in [7, 11) is -2.68. The number of hydrogen-bond donors (Lipinski definition) is 0. The van der Waals surface area contributed by atoms with Gasteiger partial charge in [0.2, 0.25) is 15.8 Å². The van der Waals surface area contributed by atoms with Gasteiger partial charge in [0, 0.05) is 20.1 Å². The van der Waals surface area contributed by atoms with E-state index in [2.05, 4.69) is 5.10 Å². The predicted octanol–water partition coefficient (Wildman–Crippen LogP) is 2.75. The van der Waals surface area contributed by atoms with Crippen molar-refractivity contribution in [3.8, 4) is 0 Å². The molecule has 1 aliphatic rings. The van der Waals surface area contributed by atoms with Crippen LogP contribution in [0.1, 0.15) is 50.0 Å². The normalized spacial score (nSPS) is 17.2. The Labute approximate surface area is 166 Å². The first-order valence-electron chi connectivity index (χ1n) is 9.25. The average Bonchev–Trinajstić information content (AvgIpc) is 2.97. The summed E-state index contributed by atoms with van der Waals surface area (Å²) in [6.07, 6.45) is -4.32. The molecule has 1 aromatic heterocycles. The number of nitrogens with zero attached hydrogens (tertiary/aromatic N) is 4. The van der Waals surface area contributed by atoms with Gasteiger partial charge in [-0.05, 0) is 36.5 Å². The standard InChI is InChI=1S/C18H23F3N4O3S/c1-12(2)13-4-6-15(7-5-13)29(27,28)24-10-8-14(9-11-24)25-17(26)23(3)16(22-25)18(19,20)21/h4-7,12,14H,8-11H2,1-3H3. The van der Waals surface area contributed by atoms with Gasteiger partial charge in [-0.2, -0.15) is 17.5 Å². The summed E-state index contributed by atoms with van der Waals surface area (Å²) >= 11 is 0. The van der Waals surface area contributed by atoms with Crippen LogP contribution in [-0.2, 0) is 23.2 Å². The maximum absolute atomic E-state index is 13.0. The van der Waals surface area contributed by atoms with E-state index in [-0.39, 0.29) is 36.7 Å². The first-order chi connectivity index (χ1) is 13.4. The molecule has 0 bridgehead atoms. The summed E-state index contributed by atoms with van der Waals surface area (Å²) in [6.45, 7) is 4.22. The van der Waals surface area contributed by atoms with Gasteiger partial charge in [0.15, 0.2) is 0 Å². The Morgan fingerprint density at radius 3 is 2.10 bits per heavy atom. The fourth-order valence-corrected chi connectivity index (χ4v) is 4.91. The minimum Gasteiger partial charge on any atom is -0.274 e. The Balaban J connectivity index is 1.76. The Morgan fingerprint density at radius 2 is 1.66 bits per heavy atom. The molecule has 0 spiro atoms. The van der Waals surface area contributed by atoms with Crippen molar-refractivity contribution in [3.63, 3.8) is 0 Å². The zero-order valence-corrected chi connectivity index (χ0v) is 17.2. The first kappa shape index (κ1) is 21.6. The molecule has 7 nitrogen and oxygen atoms in total. The molecule has 0 N–H and O–H groups in total. The van der Waals surface area contributed by atoms with Crippen LogP contribution in [0, 0.1) is 0 Å². The molecule has 1 fully saturated rings. The third kappa shape index (κ3) is 4.11. The summed E-state index contributed by atoms with van der Waals surface area (Å²) < 4.78 is 67.2. The highest BCUT2D eigenvalue weighted by Crippen LogP contribution is 2.29. The first-order valence-corrected chi connectivity index (χ1v) is 10.7. The van der Waals surface area contributed by atoms with E-state index < -0.39 is 33.8 Å². The molecule has 0 aliphatic carbocycles. The second kappa shape index (κ2) is 7.60. The van der Waals surface area contributed by atoms with Gasteiger partial charge in [0.1, 0.15) is 0 Å². The molecule has 0 amide bonds. The molecule has 0 saturated carbocycles. The van der Waals surface area contributed by atoms with E-state index in [1.807, 2.05) is 13.8 Å². The Bertz CT molecular complexity index is 1030. The van der Waals surface area contributed by atoms with Crippen molar-refractivity contribution in [2.24, 2.45) is 7.05 Å². The molecule has 160 valence electrons. The summed E-state index contributed by atoms with van der Waals surface area (Å²) in [6, 6.07) is 6.09. The molecule has 2 heterocycles. The number of benzene rings is 1. The number of aromatic nitrogens is 3. The summed E-state index contributed by atoms with van der Waals surface area (Å²) in [5, 5.41) is 3.45. The van der Waals surface area contributed by atoms with E-state index in [0.717, 1.165) is 17.3 Å². The van der Waals surface area contributed by atoms with E-state index in [1.54, 1.807) is 24.3 Å². The van der Waals surface area contributed by atoms with E-state index in [9.17, 15) is 26.4 Å². The number of rotatable bonds is 4. The van der Waals surface area contributed by atoms with Crippen LogP contribution < -0.4 is 5.69 Å². The molecule has 1 aliphatic heterocycles. The highest BCUT2D eigenvalue weighted by Gasteiger charge is 2.39. The monoisotopic (exact) mass is 432 g/mol. The smallest absolute Gasteiger partial charge is 0.274 e. The zero-order valence-electron chi connectivity index (χ0n) is 16.3. The van der Waals surface area contributed by atoms with Crippen LogP contribution in [0.15, 0.2) is 34.0 Å². The lowest BCUT2D eigenvalue weighted by Gasteiger charge is -2.30. The zero-order chi connectivity index (χ0) is 21.6. The third-order valence-electron chi connectivity index (χ3n) is 5.21. The lowest BCUT2D eigenvalue weighted by atomic mass is 10.0. The molecule has 3 rings (SSSR count). The predicted molar refractivity (Wildman–Crippen MR) is 100 cm³/mol. The average molecular weight is 432 g/mol. The van der Waals surface area contributed by atoms with Gasteiger partial charge >= 0.3 is 11.9 Å². The van der Waals surface area contributed by atoms with Crippen molar-refractivity contribution in [1.29, 1.82) is 0 Å². The van der Waals surface area contributed by atoms with Crippen LogP contribution in [0.5, 0.6) is 0 Å². The lowest BCUT2D eigenvalue weighted by Crippen LogP contribution is -2.41. The lowest BCUT2D eigenvalue weighted by molar-refractivity contribution is -0.147. The Kier molecular flexibility index (Phi) is 5.65. The van der Waals surface area contributed by atoms with Crippen LogP contribution in [0.25, 0.3) is 0 Å². The van der Waals surface area contributed by atoms with E-state index in [0.29, 0.717) is 4.57 Å². The number of hydrogen-bond acceptors (Lipinski definition) is 4. The minimum atomic E-state index is -4.73. The van der Waals surface area contributed by atoms with E-state index >= 15 is 0 Å². The van der Waals surface area contributed by atoms with Gasteiger partial charge in [-0.1, -0.05) is 26.0 Å². The second-order valence-electron chi connectivity index (χ2n) is 7.47. The highest BCUT2D eigenvalue weighted by molar-refractivity contribution is 7.89. The molecule has 2 aromatic rings. The Hall–Kier alpha value is -2.14. The maximum Gasteiger partial charge on any atom is 0.451 e. The molecular formula is C18H23F3N4O3S.